The van der Waals surface area contributed by atoms with Gasteiger partial charge in [-0.1, -0.05) is 20.8 Å². The first-order chi connectivity index (χ1) is 7.50. The largest absolute Gasteiger partial charge is 0.395 e. The molecule has 0 aliphatic heterocycles. The molecule has 4 nitrogen and oxygen atoms in total. The van der Waals surface area contributed by atoms with E-state index in [0.29, 0.717) is 19.1 Å². The molecule has 0 saturated heterocycles. The van der Waals surface area contributed by atoms with Gasteiger partial charge in [-0.2, -0.15) is 0 Å². The highest BCUT2D eigenvalue weighted by Gasteiger charge is 2.39. The summed E-state index contributed by atoms with van der Waals surface area (Å²) in [6.45, 7) is 12.5. The molecular formula is C11H28N2O2Si. The summed E-state index contributed by atoms with van der Waals surface area (Å²) in [7, 11) is -1.87. The Balaban J connectivity index is 4.64. The Morgan fingerprint density at radius 3 is 2.00 bits per heavy atom. The minimum Gasteiger partial charge on any atom is -0.395 e. The predicted octanol–water partition coefficient (Wildman–Crippen LogP) is 1.13. The quantitative estimate of drug-likeness (QED) is 0.474. The molecule has 0 rings (SSSR count). The van der Waals surface area contributed by atoms with Gasteiger partial charge in [0.15, 0.2) is 0 Å². The van der Waals surface area contributed by atoms with Crippen LogP contribution in [0.3, 0.4) is 0 Å². The van der Waals surface area contributed by atoms with Crippen molar-refractivity contribution in [3.05, 3.63) is 0 Å². The predicted molar refractivity (Wildman–Crippen MR) is 70.5 cm³/mol. The summed E-state index contributed by atoms with van der Waals surface area (Å²) in [6.07, 6.45) is 0.887. The Labute approximate surface area is 102 Å². The SMILES string of the molecule is CCNC(N)(CC(C)C)[SiH](OCC)OCC. The van der Waals surface area contributed by atoms with Crippen LogP contribution < -0.4 is 11.1 Å². The van der Waals surface area contributed by atoms with Crippen molar-refractivity contribution in [1.82, 2.24) is 5.32 Å². The second kappa shape index (κ2) is 8.19. The van der Waals surface area contributed by atoms with E-state index in [4.69, 9.17) is 14.6 Å². The maximum absolute atomic E-state index is 6.43. The van der Waals surface area contributed by atoms with Gasteiger partial charge in [0.05, 0.1) is 0 Å². The standard InChI is InChI=1S/C11H28N2O2Si/c1-6-13-11(12,9-10(4)5)16(14-7-2)15-8-3/h10,13,16H,6-9,12H2,1-5H3. The minimum absolute atomic E-state index is 0.463. The fourth-order valence-electron chi connectivity index (χ4n) is 1.90. The van der Waals surface area contributed by atoms with E-state index in [0.717, 1.165) is 13.0 Å². The maximum Gasteiger partial charge on any atom is 0.357 e. The minimum atomic E-state index is -1.87. The van der Waals surface area contributed by atoms with E-state index in [-0.39, 0.29) is 0 Å². The van der Waals surface area contributed by atoms with Gasteiger partial charge in [0, 0.05) is 13.2 Å². The molecule has 0 spiro atoms. The van der Waals surface area contributed by atoms with Crippen molar-refractivity contribution in [3.63, 3.8) is 0 Å². The monoisotopic (exact) mass is 248 g/mol. The fourth-order valence-corrected chi connectivity index (χ4v) is 4.24. The van der Waals surface area contributed by atoms with Crippen LogP contribution in [0.2, 0.25) is 0 Å². The Morgan fingerprint density at radius 2 is 1.69 bits per heavy atom. The van der Waals surface area contributed by atoms with Gasteiger partial charge in [0.2, 0.25) is 0 Å². The first-order valence-corrected chi connectivity index (χ1v) is 7.79. The highest BCUT2D eigenvalue weighted by Crippen LogP contribution is 2.16. The van der Waals surface area contributed by atoms with E-state index in [1.807, 2.05) is 13.8 Å². The summed E-state index contributed by atoms with van der Waals surface area (Å²) in [6, 6.07) is 0. The lowest BCUT2D eigenvalue weighted by Crippen LogP contribution is -2.66. The Hall–Kier alpha value is 0.0569. The zero-order chi connectivity index (χ0) is 12.6. The number of hydrogen-bond acceptors (Lipinski definition) is 4. The number of hydrogen-bond donors (Lipinski definition) is 2. The molecule has 5 heteroatoms. The number of nitrogens with one attached hydrogen (secondary N) is 1. The molecule has 0 amide bonds. The third-order valence-electron chi connectivity index (χ3n) is 2.31. The first kappa shape index (κ1) is 16.1. The lowest BCUT2D eigenvalue weighted by molar-refractivity contribution is 0.166. The first-order valence-electron chi connectivity index (χ1n) is 6.27. The Kier molecular flexibility index (Phi) is 8.22. The van der Waals surface area contributed by atoms with Crippen molar-refractivity contribution in [2.75, 3.05) is 19.8 Å². The zero-order valence-corrected chi connectivity index (χ0v) is 12.5. The molecule has 0 aromatic carbocycles. The van der Waals surface area contributed by atoms with Crippen molar-refractivity contribution in [2.24, 2.45) is 11.7 Å². The van der Waals surface area contributed by atoms with Crippen LogP contribution in [0, 0.1) is 5.92 Å². The van der Waals surface area contributed by atoms with E-state index in [1.54, 1.807) is 0 Å². The second-order valence-corrected chi connectivity index (χ2v) is 6.77. The average molecular weight is 248 g/mol. The van der Waals surface area contributed by atoms with Crippen LogP contribution in [0.5, 0.6) is 0 Å². The van der Waals surface area contributed by atoms with Crippen LogP contribution in [-0.4, -0.2) is 34.3 Å². The molecule has 0 heterocycles. The third-order valence-corrected chi connectivity index (χ3v) is 4.86. The smallest absolute Gasteiger partial charge is 0.357 e. The summed E-state index contributed by atoms with van der Waals surface area (Å²) in [4.78, 5) is 0. The van der Waals surface area contributed by atoms with Gasteiger partial charge in [0.1, 0.15) is 5.29 Å². The highest BCUT2D eigenvalue weighted by atomic mass is 28.3. The van der Waals surface area contributed by atoms with Crippen molar-refractivity contribution < 1.29 is 8.85 Å². The third kappa shape index (κ3) is 5.40. The molecule has 98 valence electrons. The van der Waals surface area contributed by atoms with E-state index >= 15 is 0 Å². The van der Waals surface area contributed by atoms with Crippen LogP contribution in [0.15, 0.2) is 0 Å². The molecule has 16 heavy (non-hydrogen) atoms. The molecule has 0 aromatic rings. The Morgan fingerprint density at radius 1 is 1.19 bits per heavy atom. The summed E-state index contributed by atoms with van der Waals surface area (Å²) in [5.41, 5.74) is 6.43. The van der Waals surface area contributed by atoms with Gasteiger partial charge in [-0.05, 0) is 32.7 Å². The van der Waals surface area contributed by atoms with Gasteiger partial charge < -0.3 is 14.6 Å². The molecule has 0 fully saturated rings. The summed E-state index contributed by atoms with van der Waals surface area (Å²) >= 11 is 0. The fraction of sp³-hybridized carbons (Fsp3) is 1.00. The maximum atomic E-state index is 6.43. The van der Waals surface area contributed by atoms with Gasteiger partial charge in [-0.25, -0.2) is 0 Å². The molecule has 0 aliphatic rings. The summed E-state index contributed by atoms with van der Waals surface area (Å²) in [5, 5.41) is 2.89. The summed E-state index contributed by atoms with van der Waals surface area (Å²) in [5.74, 6) is 0.528. The summed E-state index contributed by atoms with van der Waals surface area (Å²) < 4.78 is 11.5. The molecule has 0 radical (unpaired) electrons. The molecule has 0 saturated carbocycles. The zero-order valence-electron chi connectivity index (χ0n) is 11.4. The topological polar surface area (TPSA) is 56.5 Å². The van der Waals surface area contributed by atoms with Gasteiger partial charge in [-0.15, -0.1) is 0 Å². The van der Waals surface area contributed by atoms with Crippen molar-refractivity contribution >= 4 is 9.28 Å². The molecule has 3 N–H and O–H groups in total. The van der Waals surface area contributed by atoms with Crippen molar-refractivity contribution in [1.29, 1.82) is 0 Å². The van der Waals surface area contributed by atoms with Crippen LogP contribution in [0.4, 0.5) is 0 Å². The van der Waals surface area contributed by atoms with Crippen LogP contribution >= 0.6 is 0 Å². The second-order valence-electron chi connectivity index (χ2n) is 4.41. The van der Waals surface area contributed by atoms with Crippen LogP contribution in [-0.2, 0) is 8.85 Å². The lowest BCUT2D eigenvalue weighted by Gasteiger charge is -2.36. The van der Waals surface area contributed by atoms with E-state index in [2.05, 4.69) is 26.1 Å². The lowest BCUT2D eigenvalue weighted by atomic mass is 10.1. The molecule has 0 aliphatic carbocycles. The number of rotatable bonds is 9. The molecule has 0 aromatic heterocycles. The van der Waals surface area contributed by atoms with E-state index in [9.17, 15) is 0 Å². The average Bonchev–Trinajstić information content (AvgIpc) is 2.16. The molecule has 1 unspecified atom stereocenters. The normalized spacial score (nSPS) is 15.8. The Bertz CT molecular complexity index is 175. The van der Waals surface area contributed by atoms with E-state index < -0.39 is 14.6 Å². The van der Waals surface area contributed by atoms with E-state index in [1.165, 1.54) is 0 Å². The van der Waals surface area contributed by atoms with Crippen molar-refractivity contribution in [3.8, 4) is 0 Å². The molecule has 0 bridgehead atoms. The number of nitrogens with two attached hydrogens (primary N) is 1. The van der Waals surface area contributed by atoms with Crippen molar-refractivity contribution in [2.45, 2.75) is 46.3 Å². The van der Waals surface area contributed by atoms with Gasteiger partial charge >= 0.3 is 9.28 Å². The van der Waals surface area contributed by atoms with Gasteiger partial charge in [-0.3, -0.25) is 5.32 Å². The molecular weight excluding hydrogens is 220 g/mol. The van der Waals surface area contributed by atoms with Crippen LogP contribution in [0.25, 0.3) is 0 Å². The highest BCUT2D eigenvalue weighted by molar-refractivity contribution is 6.48. The molecule has 1 atom stereocenters. The van der Waals surface area contributed by atoms with Crippen LogP contribution in [0.1, 0.15) is 41.0 Å². The van der Waals surface area contributed by atoms with Gasteiger partial charge in [0.25, 0.3) is 0 Å².